The minimum absolute atomic E-state index is 0.424. The van der Waals surface area contributed by atoms with Gasteiger partial charge in [0, 0.05) is 12.1 Å². The highest BCUT2D eigenvalue weighted by molar-refractivity contribution is 5.65. The number of nitrogens with zero attached hydrogens (tertiary/aromatic N) is 3. The molecule has 0 aliphatic carbocycles. The number of rotatable bonds is 7. The summed E-state index contributed by atoms with van der Waals surface area (Å²) < 4.78 is 10.7. The Bertz CT molecular complexity index is 885. The number of hydrogen-bond acceptors (Lipinski definition) is 7. The van der Waals surface area contributed by atoms with Gasteiger partial charge in [-0.1, -0.05) is 24.3 Å². The number of benzene rings is 2. The van der Waals surface area contributed by atoms with Gasteiger partial charge >= 0.3 is 0 Å². The molecule has 7 nitrogen and oxygen atoms in total. The first-order valence-electron chi connectivity index (χ1n) is 8.16. The van der Waals surface area contributed by atoms with Crippen LogP contribution in [0, 0.1) is 6.92 Å². The quantitative estimate of drug-likeness (QED) is 0.673. The lowest BCUT2D eigenvalue weighted by molar-refractivity contribution is 0.410. The van der Waals surface area contributed by atoms with E-state index in [2.05, 4.69) is 25.8 Å². The van der Waals surface area contributed by atoms with Crippen LogP contribution in [0.1, 0.15) is 11.1 Å². The van der Waals surface area contributed by atoms with Crippen LogP contribution < -0.4 is 20.1 Å². The molecular formula is C19H21N5O2. The van der Waals surface area contributed by atoms with E-state index in [1.165, 1.54) is 0 Å². The SMILES string of the molecule is COc1ccccc1CNc1nncc(Nc2cc(C)ccc2OC)n1. The second-order valence-corrected chi connectivity index (χ2v) is 5.66. The van der Waals surface area contributed by atoms with Crippen molar-refractivity contribution in [2.24, 2.45) is 0 Å². The maximum Gasteiger partial charge on any atom is 0.244 e. The van der Waals surface area contributed by atoms with E-state index >= 15 is 0 Å². The van der Waals surface area contributed by atoms with E-state index in [1.807, 2.05) is 49.4 Å². The molecule has 0 aliphatic heterocycles. The van der Waals surface area contributed by atoms with Gasteiger partial charge in [0.1, 0.15) is 11.5 Å². The van der Waals surface area contributed by atoms with E-state index < -0.39 is 0 Å². The van der Waals surface area contributed by atoms with Gasteiger partial charge in [-0.05, 0) is 30.7 Å². The van der Waals surface area contributed by atoms with Crippen LogP contribution in [-0.2, 0) is 6.54 Å². The fraction of sp³-hybridized carbons (Fsp3) is 0.211. The summed E-state index contributed by atoms with van der Waals surface area (Å²) in [6.07, 6.45) is 1.57. The molecule has 0 aliphatic rings. The summed E-state index contributed by atoms with van der Waals surface area (Å²) in [6, 6.07) is 13.7. The number of ether oxygens (including phenoxy) is 2. The zero-order valence-corrected chi connectivity index (χ0v) is 15.0. The number of nitrogens with one attached hydrogen (secondary N) is 2. The Hall–Kier alpha value is -3.35. The molecule has 0 bridgehead atoms. The molecule has 3 rings (SSSR count). The molecule has 134 valence electrons. The summed E-state index contributed by atoms with van der Waals surface area (Å²) in [7, 11) is 3.28. The summed E-state index contributed by atoms with van der Waals surface area (Å²) in [6.45, 7) is 2.55. The Balaban J connectivity index is 1.73. The van der Waals surface area contributed by atoms with Crippen molar-refractivity contribution in [2.75, 3.05) is 24.9 Å². The van der Waals surface area contributed by atoms with Crippen LogP contribution in [-0.4, -0.2) is 29.4 Å². The van der Waals surface area contributed by atoms with E-state index in [-0.39, 0.29) is 0 Å². The zero-order valence-electron chi connectivity index (χ0n) is 15.0. The van der Waals surface area contributed by atoms with Gasteiger partial charge in [-0.3, -0.25) is 0 Å². The molecule has 7 heteroatoms. The normalized spacial score (nSPS) is 10.3. The molecule has 0 unspecified atom stereocenters. The molecule has 0 amide bonds. The van der Waals surface area contributed by atoms with Crippen LogP contribution in [0.15, 0.2) is 48.7 Å². The predicted molar refractivity (Wildman–Crippen MR) is 101 cm³/mol. The number of aryl methyl sites for hydroxylation is 1. The highest BCUT2D eigenvalue weighted by Gasteiger charge is 2.07. The zero-order chi connectivity index (χ0) is 18.4. The fourth-order valence-electron chi connectivity index (χ4n) is 2.52. The van der Waals surface area contributed by atoms with Gasteiger partial charge in [-0.25, -0.2) is 0 Å². The van der Waals surface area contributed by atoms with Crippen LogP contribution in [0.5, 0.6) is 11.5 Å². The fourth-order valence-corrected chi connectivity index (χ4v) is 2.52. The number of para-hydroxylation sites is 1. The summed E-state index contributed by atoms with van der Waals surface area (Å²) in [4.78, 5) is 4.45. The number of anilines is 3. The van der Waals surface area contributed by atoms with E-state index in [9.17, 15) is 0 Å². The standard InChI is InChI=1S/C19H21N5O2/c1-13-8-9-17(26-3)15(10-13)22-18-12-21-24-19(23-18)20-11-14-6-4-5-7-16(14)25-2/h4-10,12H,11H2,1-3H3,(H2,20,22,23,24). The topological polar surface area (TPSA) is 81.2 Å². The molecule has 0 saturated carbocycles. The third-order valence-electron chi connectivity index (χ3n) is 3.81. The molecule has 0 radical (unpaired) electrons. The lowest BCUT2D eigenvalue weighted by Crippen LogP contribution is -2.07. The number of methoxy groups -OCH3 is 2. The molecule has 26 heavy (non-hydrogen) atoms. The monoisotopic (exact) mass is 351 g/mol. The molecule has 2 N–H and O–H groups in total. The maximum atomic E-state index is 5.38. The smallest absolute Gasteiger partial charge is 0.244 e. The Labute approximate surface area is 152 Å². The predicted octanol–water partition coefficient (Wildman–Crippen LogP) is 3.55. The van der Waals surface area contributed by atoms with Crippen LogP contribution in [0.2, 0.25) is 0 Å². The van der Waals surface area contributed by atoms with Crippen molar-refractivity contribution in [3.63, 3.8) is 0 Å². The first-order valence-corrected chi connectivity index (χ1v) is 8.16. The number of hydrogen-bond donors (Lipinski definition) is 2. The van der Waals surface area contributed by atoms with E-state index in [0.717, 1.165) is 28.3 Å². The molecule has 0 atom stereocenters. The summed E-state index contributed by atoms with van der Waals surface area (Å²) in [5.41, 5.74) is 2.95. The van der Waals surface area contributed by atoms with E-state index in [0.29, 0.717) is 18.3 Å². The molecule has 1 aromatic heterocycles. The molecular weight excluding hydrogens is 330 g/mol. The minimum atomic E-state index is 0.424. The van der Waals surface area contributed by atoms with Gasteiger partial charge in [-0.2, -0.15) is 10.1 Å². The minimum Gasteiger partial charge on any atom is -0.496 e. The highest BCUT2D eigenvalue weighted by Crippen LogP contribution is 2.27. The molecule has 0 fully saturated rings. The Morgan fingerprint density at radius 2 is 1.81 bits per heavy atom. The van der Waals surface area contributed by atoms with Crippen LogP contribution in [0.4, 0.5) is 17.5 Å². The van der Waals surface area contributed by atoms with Crippen LogP contribution in [0.25, 0.3) is 0 Å². The van der Waals surface area contributed by atoms with Gasteiger partial charge in [0.15, 0.2) is 5.82 Å². The van der Waals surface area contributed by atoms with Crippen molar-refractivity contribution < 1.29 is 9.47 Å². The first-order chi connectivity index (χ1) is 12.7. The lowest BCUT2D eigenvalue weighted by Gasteiger charge is -2.12. The van der Waals surface area contributed by atoms with Crippen LogP contribution in [0.3, 0.4) is 0 Å². The van der Waals surface area contributed by atoms with Gasteiger partial charge in [-0.15, -0.1) is 5.10 Å². The Morgan fingerprint density at radius 3 is 2.62 bits per heavy atom. The van der Waals surface area contributed by atoms with Gasteiger partial charge in [0.2, 0.25) is 5.95 Å². The maximum absolute atomic E-state index is 5.38. The second kappa shape index (κ2) is 8.15. The van der Waals surface area contributed by atoms with Crippen molar-refractivity contribution in [3.8, 4) is 11.5 Å². The average molecular weight is 351 g/mol. The highest BCUT2D eigenvalue weighted by atomic mass is 16.5. The van der Waals surface area contributed by atoms with Crippen molar-refractivity contribution in [3.05, 3.63) is 59.8 Å². The molecule has 3 aromatic rings. The third kappa shape index (κ3) is 4.18. The second-order valence-electron chi connectivity index (χ2n) is 5.66. The Kier molecular flexibility index (Phi) is 5.48. The van der Waals surface area contributed by atoms with Gasteiger partial charge in [0.05, 0.1) is 26.1 Å². The number of aromatic nitrogens is 3. The van der Waals surface area contributed by atoms with Gasteiger partial charge in [0.25, 0.3) is 0 Å². The summed E-state index contributed by atoms with van der Waals surface area (Å²) in [5, 5.41) is 14.4. The van der Waals surface area contributed by atoms with Crippen molar-refractivity contribution in [1.82, 2.24) is 15.2 Å². The average Bonchev–Trinajstić information content (AvgIpc) is 2.67. The molecule has 0 spiro atoms. The summed E-state index contributed by atoms with van der Waals surface area (Å²) >= 11 is 0. The van der Waals surface area contributed by atoms with E-state index in [1.54, 1.807) is 20.4 Å². The van der Waals surface area contributed by atoms with Crippen LogP contribution >= 0.6 is 0 Å². The largest absolute Gasteiger partial charge is 0.496 e. The lowest BCUT2D eigenvalue weighted by atomic mass is 10.2. The van der Waals surface area contributed by atoms with Gasteiger partial charge < -0.3 is 20.1 Å². The molecule has 1 heterocycles. The molecule has 0 saturated heterocycles. The molecule has 2 aromatic carbocycles. The van der Waals surface area contributed by atoms with E-state index in [4.69, 9.17) is 9.47 Å². The first kappa shape index (κ1) is 17.5. The summed E-state index contributed by atoms with van der Waals surface area (Å²) in [5.74, 6) is 2.54. The van der Waals surface area contributed by atoms with Crippen molar-refractivity contribution >= 4 is 17.5 Å². The van der Waals surface area contributed by atoms with Crippen molar-refractivity contribution in [1.29, 1.82) is 0 Å². The third-order valence-corrected chi connectivity index (χ3v) is 3.81. The van der Waals surface area contributed by atoms with Crippen molar-refractivity contribution in [2.45, 2.75) is 13.5 Å². The Morgan fingerprint density at radius 1 is 1.00 bits per heavy atom.